The maximum absolute atomic E-state index is 10.1. The second kappa shape index (κ2) is 10.1. The van der Waals surface area contributed by atoms with Crippen LogP contribution in [0.4, 0.5) is 0 Å². The van der Waals surface area contributed by atoms with Crippen LogP contribution in [-0.2, 0) is 0 Å². The average Bonchev–Trinajstić information content (AvgIpc) is 0.722. The van der Waals surface area contributed by atoms with Gasteiger partial charge in [-0.2, -0.15) is 0 Å². The van der Waals surface area contributed by atoms with Gasteiger partial charge in [0.2, 0.25) is 0 Å². The second-order valence-corrected chi connectivity index (χ2v) is 2.11. The fourth-order valence-corrected chi connectivity index (χ4v) is 0. The SMILES string of the molecule is CC(C)(C)[O-].[Ba+2].[Ba+2].[OH-]. The van der Waals surface area contributed by atoms with E-state index in [2.05, 4.69) is 0 Å². The molecular formula is C4H10Ba2O2+2. The van der Waals surface area contributed by atoms with Gasteiger partial charge in [-0.25, -0.2) is 0 Å². The molecule has 0 bridgehead atoms. The molecule has 0 amide bonds. The van der Waals surface area contributed by atoms with Crippen LogP contribution in [-0.4, -0.2) is 109 Å². The Kier molecular flexibility index (Phi) is 28.2. The van der Waals surface area contributed by atoms with E-state index in [-0.39, 0.29) is 103 Å². The first-order valence-electron chi connectivity index (χ1n) is 1.70. The molecule has 0 aliphatic heterocycles. The molecule has 0 unspecified atom stereocenters. The molecule has 8 heavy (non-hydrogen) atoms. The van der Waals surface area contributed by atoms with Crippen LogP contribution in [0.25, 0.3) is 0 Å². The molecule has 0 atom stereocenters. The standard InChI is InChI=1S/C4H9O.2Ba.H2O/c1-4(2,3)5;;;/h1-3H3;;;1H2/q-1;2*+2;/p-1. The van der Waals surface area contributed by atoms with Crippen molar-refractivity contribution in [3.05, 3.63) is 0 Å². The van der Waals surface area contributed by atoms with Gasteiger partial charge in [0.25, 0.3) is 0 Å². The molecule has 0 fully saturated rings. The van der Waals surface area contributed by atoms with E-state index in [0.717, 1.165) is 0 Å². The van der Waals surface area contributed by atoms with E-state index in [1.165, 1.54) is 0 Å². The minimum absolute atomic E-state index is 0. The normalized spacial score (nSPS) is 7.50. The number of hydrogen-bond donors (Lipinski definition) is 0. The third kappa shape index (κ3) is 62.8. The smallest absolute Gasteiger partial charge is 0.870 e. The van der Waals surface area contributed by atoms with Crippen LogP contribution in [0.15, 0.2) is 0 Å². The van der Waals surface area contributed by atoms with Gasteiger partial charge in [-0.05, 0) is 0 Å². The van der Waals surface area contributed by atoms with Crippen molar-refractivity contribution in [2.24, 2.45) is 0 Å². The molecule has 0 saturated heterocycles. The van der Waals surface area contributed by atoms with Crippen LogP contribution in [0.5, 0.6) is 0 Å². The van der Waals surface area contributed by atoms with Crippen molar-refractivity contribution >= 4 is 97.8 Å². The first-order valence-corrected chi connectivity index (χ1v) is 1.70. The summed E-state index contributed by atoms with van der Waals surface area (Å²) in [6.07, 6.45) is 0. The van der Waals surface area contributed by atoms with Gasteiger partial charge in [0.15, 0.2) is 0 Å². The largest absolute Gasteiger partial charge is 2.00 e. The molecule has 0 spiro atoms. The summed E-state index contributed by atoms with van der Waals surface area (Å²) in [5, 5.41) is 10.1. The summed E-state index contributed by atoms with van der Waals surface area (Å²) in [5.41, 5.74) is -0.750. The van der Waals surface area contributed by atoms with Crippen molar-refractivity contribution < 1.29 is 10.6 Å². The van der Waals surface area contributed by atoms with Gasteiger partial charge in [-0.15, -0.1) is 5.60 Å². The molecule has 1 N–H and O–H groups in total. The molecule has 0 radical (unpaired) electrons. The van der Waals surface area contributed by atoms with Gasteiger partial charge in [-0.3, -0.25) is 0 Å². The van der Waals surface area contributed by atoms with Gasteiger partial charge in [-0.1, -0.05) is 20.8 Å². The molecule has 0 heterocycles. The van der Waals surface area contributed by atoms with E-state index in [1.54, 1.807) is 20.8 Å². The molecule has 0 saturated carbocycles. The van der Waals surface area contributed by atoms with E-state index < -0.39 is 5.60 Å². The quantitative estimate of drug-likeness (QED) is 0.529. The summed E-state index contributed by atoms with van der Waals surface area (Å²) >= 11 is 0. The van der Waals surface area contributed by atoms with Crippen LogP contribution >= 0.6 is 0 Å². The second-order valence-electron chi connectivity index (χ2n) is 2.11. The zero-order valence-corrected chi connectivity index (χ0v) is 14.7. The fourth-order valence-electron chi connectivity index (χ4n) is 0. The Balaban J connectivity index is -0.0000000267. The van der Waals surface area contributed by atoms with Crippen LogP contribution in [0, 0.1) is 0 Å². The summed E-state index contributed by atoms with van der Waals surface area (Å²) in [5.74, 6) is 0. The van der Waals surface area contributed by atoms with Crippen LogP contribution in [0.1, 0.15) is 20.8 Å². The Labute approximate surface area is 131 Å². The van der Waals surface area contributed by atoms with Gasteiger partial charge in [0.1, 0.15) is 0 Å². The van der Waals surface area contributed by atoms with Crippen molar-refractivity contribution in [1.29, 1.82) is 0 Å². The first kappa shape index (κ1) is 22.5. The summed E-state index contributed by atoms with van der Waals surface area (Å²) in [7, 11) is 0. The van der Waals surface area contributed by atoms with Crippen LogP contribution in [0.3, 0.4) is 0 Å². The molecular weight excluding hydrogens is 355 g/mol. The van der Waals surface area contributed by atoms with Crippen molar-refractivity contribution in [3.8, 4) is 0 Å². The molecule has 4 heteroatoms. The van der Waals surface area contributed by atoms with Crippen LogP contribution < -0.4 is 5.11 Å². The Morgan fingerprint density at radius 1 is 1.00 bits per heavy atom. The molecule has 0 aliphatic rings. The first-order chi connectivity index (χ1) is 2.00. The predicted octanol–water partition coefficient (Wildman–Crippen LogP) is -0.793. The van der Waals surface area contributed by atoms with Crippen molar-refractivity contribution in [3.63, 3.8) is 0 Å². The Morgan fingerprint density at radius 3 is 1.00 bits per heavy atom. The Morgan fingerprint density at radius 2 is 1.00 bits per heavy atom. The molecule has 0 aromatic rings. The Bertz CT molecular complexity index is 27.5. The van der Waals surface area contributed by atoms with Crippen molar-refractivity contribution in [1.82, 2.24) is 0 Å². The Hall–Kier alpha value is 3.06. The summed E-state index contributed by atoms with van der Waals surface area (Å²) < 4.78 is 0. The van der Waals surface area contributed by atoms with Gasteiger partial charge < -0.3 is 10.6 Å². The third-order valence-electron chi connectivity index (χ3n) is 0. The minimum Gasteiger partial charge on any atom is -0.870 e. The van der Waals surface area contributed by atoms with Crippen molar-refractivity contribution in [2.45, 2.75) is 26.4 Å². The average molecular weight is 365 g/mol. The zero-order valence-electron chi connectivity index (χ0n) is 5.77. The maximum Gasteiger partial charge on any atom is 2.00 e. The predicted molar refractivity (Wildman–Crippen MR) is 33.2 cm³/mol. The number of rotatable bonds is 0. The summed E-state index contributed by atoms with van der Waals surface area (Å²) in [6.45, 7) is 4.90. The van der Waals surface area contributed by atoms with E-state index in [9.17, 15) is 5.11 Å². The van der Waals surface area contributed by atoms with Gasteiger partial charge in [0, 0.05) is 0 Å². The zero-order chi connectivity index (χ0) is 4.50. The minimum atomic E-state index is -0.750. The number of hydrogen-bond acceptors (Lipinski definition) is 2. The maximum atomic E-state index is 10.1. The van der Waals surface area contributed by atoms with E-state index >= 15 is 0 Å². The van der Waals surface area contributed by atoms with E-state index in [4.69, 9.17) is 0 Å². The van der Waals surface area contributed by atoms with E-state index in [1.807, 2.05) is 0 Å². The molecule has 2 nitrogen and oxygen atoms in total. The van der Waals surface area contributed by atoms with Crippen LogP contribution in [0.2, 0.25) is 0 Å². The summed E-state index contributed by atoms with van der Waals surface area (Å²) in [6, 6.07) is 0. The fraction of sp³-hybridized carbons (Fsp3) is 1.00. The molecule has 40 valence electrons. The van der Waals surface area contributed by atoms with E-state index in [0.29, 0.717) is 0 Å². The topological polar surface area (TPSA) is 53.1 Å². The third-order valence-corrected chi connectivity index (χ3v) is 0. The van der Waals surface area contributed by atoms with Gasteiger partial charge >= 0.3 is 97.8 Å². The molecule has 0 aromatic heterocycles. The molecule has 0 aliphatic carbocycles. The summed E-state index contributed by atoms with van der Waals surface area (Å²) in [4.78, 5) is 0. The molecule has 0 rings (SSSR count). The molecule has 0 aromatic carbocycles. The van der Waals surface area contributed by atoms with Crippen molar-refractivity contribution in [2.75, 3.05) is 0 Å². The monoisotopic (exact) mass is 366 g/mol. The van der Waals surface area contributed by atoms with Gasteiger partial charge in [0.05, 0.1) is 0 Å².